The van der Waals surface area contributed by atoms with Crippen LogP contribution in [0.2, 0.25) is 0 Å². The van der Waals surface area contributed by atoms with Gasteiger partial charge in [-0.05, 0) is 25.0 Å². The average molecular weight is 276 g/mol. The zero-order valence-electron chi connectivity index (χ0n) is 12.4. The molecule has 20 heavy (non-hydrogen) atoms. The van der Waals surface area contributed by atoms with Crippen molar-refractivity contribution in [3.8, 4) is 11.5 Å². The molecule has 0 amide bonds. The summed E-state index contributed by atoms with van der Waals surface area (Å²) in [5.74, 6) is 1.76. The minimum Gasteiger partial charge on any atom is -0.497 e. The number of nitrogens with one attached hydrogen (secondary N) is 1. The van der Waals surface area contributed by atoms with Crippen LogP contribution in [0.1, 0.15) is 25.7 Å². The number of nitrogens with zero attached hydrogens (tertiary/aromatic N) is 1. The fourth-order valence-electron chi connectivity index (χ4n) is 3.58. The van der Waals surface area contributed by atoms with Crippen LogP contribution in [0.4, 0.5) is 5.69 Å². The largest absolute Gasteiger partial charge is 0.497 e. The third-order valence-electron chi connectivity index (χ3n) is 4.59. The van der Waals surface area contributed by atoms with Crippen molar-refractivity contribution in [1.82, 2.24) is 5.32 Å². The number of ether oxygens (including phenoxy) is 2. The monoisotopic (exact) mass is 276 g/mol. The minimum absolute atomic E-state index is 0.597. The van der Waals surface area contributed by atoms with E-state index in [1.165, 1.54) is 31.4 Å². The summed E-state index contributed by atoms with van der Waals surface area (Å²) in [5.41, 5.74) is 1.20. The van der Waals surface area contributed by atoms with E-state index in [0.717, 1.165) is 24.6 Å². The lowest BCUT2D eigenvalue weighted by Gasteiger charge is -2.46. The van der Waals surface area contributed by atoms with Gasteiger partial charge in [-0.3, -0.25) is 0 Å². The van der Waals surface area contributed by atoms with Crippen LogP contribution in [0.5, 0.6) is 11.5 Å². The molecule has 4 heteroatoms. The van der Waals surface area contributed by atoms with Gasteiger partial charge in [-0.2, -0.15) is 0 Å². The van der Waals surface area contributed by atoms with Crippen molar-refractivity contribution in [2.45, 2.75) is 37.8 Å². The third-order valence-corrected chi connectivity index (χ3v) is 4.59. The zero-order valence-corrected chi connectivity index (χ0v) is 12.4. The summed E-state index contributed by atoms with van der Waals surface area (Å²) in [4.78, 5) is 2.53. The number of hydrogen-bond acceptors (Lipinski definition) is 4. The Morgan fingerprint density at radius 1 is 1.15 bits per heavy atom. The Kier molecular flexibility index (Phi) is 4.01. The summed E-state index contributed by atoms with van der Waals surface area (Å²) in [7, 11) is 3.43. The van der Waals surface area contributed by atoms with E-state index in [-0.39, 0.29) is 0 Å². The SMILES string of the molecule is COc1ccc(N2CCN[C@@H]3CCCC[C@H]32)c(OC)c1. The number of fused-ring (bicyclic) bond motifs is 1. The van der Waals surface area contributed by atoms with Crippen molar-refractivity contribution in [3.63, 3.8) is 0 Å². The van der Waals surface area contributed by atoms with Gasteiger partial charge in [-0.25, -0.2) is 0 Å². The highest BCUT2D eigenvalue weighted by Gasteiger charge is 2.34. The van der Waals surface area contributed by atoms with Crippen LogP contribution in [-0.2, 0) is 0 Å². The summed E-state index contributed by atoms with van der Waals surface area (Å²) in [6, 6.07) is 7.37. The van der Waals surface area contributed by atoms with Crippen LogP contribution >= 0.6 is 0 Å². The number of benzene rings is 1. The van der Waals surface area contributed by atoms with E-state index >= 15 is 0 Å². The molecule has 0 spiro atoms. The highest BCUT2D eigenvalue weighted by Crippen LogP contribution is 2.37. The molecule has 4 nitrogen and oxygen atoms in total. The van der Waals surface area contributed by atoms with Crippen LogP contribution in [0.3, 0.4) is 0 Å². The van der Waals surface area contributed by atoms with Gasteiger partial charge < -0.3 is 19.7 Å². The molecule has 1 aromatic carbocycles. The van der Waals surface area contributed by atoms with E-state index in [2.05, 4.69) is 16.3 Å². The second-order valence-corrected chi connectivity index (χ2v) is 5.64. The molecule has 1 saturated carbocycles. The molecule has 1 aliphatic heterocycles. The van der Waals surface area contributed by atoms with Gasteiger partial charge in [0.1, 0.15) is 11.5 Å². The van der Waals surface area contributed by atoms with Crippen molar-refractivity contribution in [3.05, 3.63) is 18.2 Å². The Hall–Kier alpha value is -1.42. The molecule has 110 valence electrons. The van der Waals surface area contributed by atoms with Crippen LogP contribution in [-0.4, -0.2) is 39.4 Å². The average Bonchev–Trinajstić information content (AvgIpc) is 2.53. The first kappa shape index (κ1) is 13.6. The first-order valence-electron chi connectivity index (χ1n) is 7.55. The van der Waals surface area contributed by atoms with Gasteiger partial charge in [0.15, 0.2) is 0 Å². The Balaban J connectivity index is 1.90. The van der Waals surface area contributed by atoms with E-state index in [4.69, 9.17) is 9.47 Å². The lowest BCUT2D eigenvalue weighted by atomic mass is 9.87. The number of rotatable bonds is 3. The first-order chi connectivity index (χ1) is 9.83. The third kappa shape index (κ3) is 2.44. The normalized spacial score (nSPS) is 26.0. The Morgan fingerprint density at radius 3 is 2.80 bits per heavy atom. The summed E-state index contributed by atoms with van der Waals surface area (Å²) >= 11 is 0. The molecule has 2 atom stereocenters. The standard InChI is InChI=1S/C16H24N2O2/c1-19-12-7-8-15(16(11-12)20-2)18-10-9-17-13-5-3-4-6-14(13)18/h7-8,11,13-14,17H,3-6,9-10H2,1-2H3/t13-,14-/m1/s1. The summed E-state index contributed by atoms with van der Waals surface area (Å²) in [6.45, 7) is 2.10. The molecule has 1 saturated heterocycles. The lowest BCUT2D eigenvalue weighted by Crippen LogP contribution is -2.59. The minimum atomic E-state index is 0.597. The molecule has 1 aromatic rings. The molecule has 0 unspecified atom stereocenters. The maximum Gasteiger partial charge on any atom is 0.145 e. The van der Waals surface area contributed by atoms with E-state index < -0.39 is 0 Å². The van der Waals surface area contributed by atoms with Crippen LogP contribution in [0.25, 0.3) is 0 Å². The Labute approximate surface area is 121 Å². The quantitative estimate of drug-likeness (QED) is 0.919. The molecular formula is C16H24N2O2. The lowest BCUT2D eigenvalue weighted by molar-refractivity contribution is 0.282. The van der Waals surface area contributed by atoms with Gasteiger partial charge in [0.05, 0.1) is 19.9 Å². The molecule has 0 radical (unpaired) electrons. The van der Waals surface area contributed by atoms with E-state index in [1.54, 1.807) is 14.2 Å². The molecule has 1 N–H and O–H groups in total. The number of anilines is 1. The smallest absolute Gasteiger partial charge is 0.145 e. The van der Waals surface area contributed by atoms with Gasteiger partial charge in [0.2, 0.25) is 0 Å². The predicted octanol–water partition coefficient (Wildman–Crippen LogP) is 2.42. The highest BCUT2D eigenvalue weighted by molar-refractivity contribution is 5.62. The summed E-state index contributed by atoms with van der Waals surface area (Å²) < 4.78 is 10.9. The zero-order chi connectivity index (χ0) is 13.9. The number of piperazine rings is 1. The van der Waals surface area contributed by atoms with E-state index in [9.17, 15) is 0 Å². The van der Waals surface area contributed by atoms with E-state index in [0.29, 0.717) is 12.1 Å². The van der Waals surface area contributed by atoms with Crippen molar-refractivity contribution in [2.24, 2.45) is 0 Å². The van der Waals surface area contributed by atoms with Crippen LogP contribution < -0.4 is 19.7 Å². The Morgan fingerprint density at radius 2 is 2.00 bits per heavy atom. The van der Waals surface area contributed by atoms with E-state index in [1.807, 2.05) is 12.1 Å². The molecule has 0 aromatic heterocycles. The van der Waals surface area contributed by atoms with Gasteiger partial charge in [0, 0.05) is 31.2 Å². The van der Waals surface area contributed by atoms with Gasteiger partial charge in [-0.1, -0.05) is 12.8 Å². The molecule has 2 aliphatic rings. The van der Waals surface area contributed by atoms with Crippen molar-refractivity contribution in [2.75, 3.05) is 32.2 Å². The van der Waals surface area contributed by atoms with Gasteiger partial charge in [0.25, 0.3) is 0 Å². The maximum absolute atomic E-state index is 5.58. The van der Waals surface area contributed by atoms with Crippen molar-refractivity contribution >= 4 is 5.69 Å². The molecule has 1 aliphatic carbocycles. The molecular weight excluding hydrogens is 252 g/mol. The molecule has 3 rings (SSSR count). The molecule has 0 bridgehead atoms. The van der Waals surface area contributed by atoms with Crippen molar-refractivity contribution in [1.29, 1.82) is 0 Å². The number of hydrogen-bond donors (Lipinski definition) is 1. The maximum atomic E-state index is 5.58. The highest BCUT2D eigenvalue weighted by atomic mass is 16.5. The first-order valence-corrected chi connectivity index (χ1v) is 7.55. The van der Waals surface area contributed by atoms with Gasteiger partial charge >= 0.3 is 0 Å². The fourth-order valence-corrected chi connectivity index (χ4v) is 3.58. The second-order valence-electron chi connectivity index (χ2n) is 5.64. The van der Waals surface area contributed by atoms with Crippen molar-refractivity contribution < 1.29 is 9.47 Å². The molecule has 2 fully saturated rings. The second kappa shape index (κ2) is 5.92. The molecule has 1 heterocycles. The van der Waals surface area contributed by atoms with Crippen LogP contribution in [0, 0.1) is 0 Å². The summed E-state index contributed by atoms with van der Waals surface area (Å²) in [5, 5.41) is 3.67. The van der Waals surface area contributed by atoms with Gasteiger partial charge in [-0.15, -0.1) is 0 Å². The predicted molar refractivity (Wildman–Crippen MR) is 80.9 cm³/mol. The Bertz CT molecular complexity index is 462. The topological polar surface area (TPSA) is 33.7 Å². The fraction of sp³-hybridized carbons (Fsp3) is 0.625. The number of methoxy groups -OCH3 is 2. The summed E-state index contributed by atoms with van der Waals surface area (Å²) in [6.07, 6.45) is 5.24. The van der Waals surface area contributed by atoms with Crippen LogP contribution in [0.15, 0.2) is 18.2 Å².